The minimum Gasteiger partial charge on any atom is -0.307 e. The first-order valence-electron chi connectivity index (χ1n) is 3.46. The summed E-state index contributed by atoms with van der Waals surface area (Å²) in [5, 5.41) is 0. The molecule has 0 aliphatic heterocycles. The van der Waals surface area contributed by atoms with Crippen molar-refractivity contribution in [3.8, 4) is 0 Å². The van der Waals surface area contributed by atoms with Crippen molar-refractivity contribution >= 4 is 81.5 Å². The largest absolute Gasteiger partial charge is 0.307 e. The number of hydrogen-bond donors (Lipinski definition) is 0. The van der Waals surface area contributed by atoms with Crippen LogP contribution in [0.1, 0.15) is 0 Å². The van der Waals surface area contributed by atoms with Crippen LogP contribution in [0, 0.1) is 0 Å². The Balaban J connectivity index is -0.00000000569. The standard InChI is InChI=1S/12CH2O.Ru/c12*1-2;/h12*1H2;. The van der Waals surface area contributed by atoms with E-state index in [4.69, 9.17) is 57.5 Å². The molecule has 13 heteroatoms. The van der Waals surface area contributed by atoms with Crippen molar-refractivity contribution in [2.75, 3.05) is 0 Å². The first-order chi connectivity index (χ1) is 12.0. The van der Waals surface area contributed by atoms with Gasteiger partial charge in [0.1, 0.15) is 81.5 Å². The van der Waals surface area contributed by atoms with Crippen molar-refractivity contribution in [2.24, 2.45) is 0 Å². The van der Waals surface area contributed by atoms with E-state index < -0.39 is 0 Å². The van der Waals surface area contributed by atoms with Gasteiger partial charge in [-0.05, 0) is 0 Å². The van der Waals surface area contributed by atoms with E-state index in [1.165, 1.54) is 0 Å². The van der Waals surface area contributed by atoms with Gasteiger partial charge in [0.15, 0.2) is 0 Å². The second kappa shape index (κ2) is 718. The van der Waals surface area contributed by atoms with Crippen molar-refractivity contribution in [1.82, 2.24) is 0 Å². The molecule has 0 N–H and O–H groups in total. The Morgan fingerprint density at radius 1 is 0.160 bits per heavy atom. The predicted molar refractivity (Wildman–Crippen MR) is 85.5 cm³/mol. The Bertz CT molecular complexity index is 73.1. The number of carbonyl (C=O) groups excluding carboxylic acids is 12. The van der Waals surface area contributed by atoms with Crippen molar-refractivity contribution in [3.63, 3.8) is 0 Å². The summed E-state index contributed by atoms with van der Waals surface area (Å²) in [6.45, 7) is 24.0. The van der Waals surface area contributed by atoms with Crippen LogP contribution in [0.4, 0.5) is 0 Å². The van der Waals surface area contributed by atoms with Gasteiger partial charge in [-0.1, -0.05) is 0 Å². The Kier molecular flexibility index (Phi) is 3540. The van der Waals surface area contributed by atoms with E-state index in [0.29, 0.717) is 0 Å². The third-order valence-electron chi connectivity index (χ3n) is 0. The van der Waals surface area contributed by atoms with Gasteiger partial charge in [-0.15, -0.1) is 0 Å². The average molecular weight is 461 g/mol. The topological polar surface area (TPSA) is 205 Å². The third kappa shape index (κ3) is 646. The van der Waals surface area contributed by atoms with E-state index >= 15 is 0 Å². The van der Waals surface area contributed by atoms with Crippen LogP contribution in [0.5, 0.6) is 0 Å². The van der Waals surface area contributed by atoms with Crippen molar-refractivity contribution in [2.45, 2.75) is 0 Å². The molecular formula is C12H24O12Ru. The maximum Gasteiger partial charge on any atom is 0.106 e. The minimum absolute atomic E-state index is 0. The van der Waals surface area contributed by atoms with Crippen LogP contribution in [0.2, 0.25) is 0 Å². The van der Waals surface area contributed by atoms with E-state index in [1.54, 1.807) is 0 Å². The van der Waals surface area contributed by atoms with Crippen molar-refractivity contribution in [3.05, 3.63) is 0 Å². The summed E-state index contributed by atoms with van der Waals surface area (Å²) in [5.74, 6) is 0. The normalized spacial score (nSPS) is 1.92. The molecule has 0 atom stereocenters. The fraction of sp³-hybridized carbons (Fsp3) is 0. The maximum absolute atomic E-state index is 8.00. The summed E-state index contributed by atoms with van der Waals surface area (Å²) >= 11 is 0. The smallest absolute Gasteiger partial charge is 0.106 e. The summed E-state index contributed by atoms with van der Waals surface area (Å²) in [4.78, 5) is 96.0. The minimum atomic E-state index is 0. The van der Waals surface area contributed by atoms with Crippen LogP contribution in [-0.2, 0) is 77.0 Å². The summed E-state index contributed by atoms with van der Waals surface area (Å²) in [6.07, 6.45) is 0. The fourth-order valence-electron chi connectivity index (χ4n) is 0. The number of carbonyl (C=O) groups is 12. The van der Waals surface area contributed by atoms with E-state index in [2.05, 4.69) is 0 Å². The van der Waals surface area contributed by atoms with Crippen LogP contribution in [0.15, 0.2) is 0 Å². The quantitative estimate of drug-likeness (QED) is 0.352. The van der Waals surface area contributed by atoms with Gasteiger partial charge in [0, 0.05) is 19.5 Å². The van der Waals surface area contributed by atoms with Gasteiger partial charge in [0.25, 0.3) is 0 Å². The Morgan fingerprint density at radius 3 is 0.160 bits per heavy atom. The Hall–Kier alpha value is -3.34. The third-order valence-corrected chi connectivity index (χ3v) is 0. The number of rotatable bonds is 0. The molecule has 0 aromatic rings. The molecule has 0 heterocycles. The zero-order valence-electron chi connectivity index (χ0n) is 13.7. The van der Waals surface area contributed by atoms with Crippen LogP contribution >= 0.6 is 0 Å². The van der Waals surface area contributed by atoms with E-state index in [-0.39, 0.29) is 19.5 Å². The second-order valence-corrected chi connectivity index (χ2v) is 0. The molecule has 0 aliphatic carbocycles. The summed E-state index contributed by atoms with van der Waals surface area (Å²) < 4.78 is 0. The summed E-state index contributed by atoms with van der Waals surface area (Å²) in [7, 11) is 0. The van der Waals surface area contributed by atoms with Gasteiger partial charge in [-0.3, -0.25) is 0 Å². The molecule has 0 saturated heterocycles. The maximum atomic E-state index is 8.00. The molecule has 0 saturated carbocycles. The van der Waals surface area contributed by atoms with Crippen molar-refractivity contribution in [1.29, 1.82) is 0 Å². The van der Waals surface area contributed by atoms with Crippen LogP contribution < -0.4 is 0 Å². The Labute approximate surface area is 159 Å². The van der Waals surface area contributed by atoms with Crippen LogP contribution in [0.25, 0.3) is 0 Å². The SMILES string of the molecule is C=O.C=O.C=O.C=O.C=O.C=O.C=O.C=O.C=O.C=O.C=O.C=O.[Ru]. The van der Waals surface area contributed by atoms with E-state index in [1.807, 2.05) is 81.5 Å². The van der Waals surface area contributed by atoms with Gasteiger partial charge >= 0.3 is 0 Å². The molecule has 152 valence electrons. The summed E-state index contributed by atoms with van der Waals surface area (Å²) in [6, 6.07) is 0. The zero-order valence-corrected chi connectivity index (χ0v) is 15.5. The van der Waals surface area contributed by atoms with Crippen molar-refractivity contribution < 1.29 is 77.0 Å². The zero-order chi connectivity index (χ0) is 24.0. The molecule has 25 heavy (non-hydrogen) atoms. The van der Waals surface area contributed by atoms with Gasteiger partial charge < -0.3 is 57.5 Å². The monoisotopic (exact) mass is 462 g/mol. The molecule has 0 amide bonds. The number of hydrogen-bond acceptors (Lipinski definition) is 12. The molecular weight excluding hydrogens is 437 g/mol. The second-order valence-electron chi connectivity index (χ2n) is 0. The van der Waals surface area contributed by atoms with Crippen LogP contribution in [0.3, 0.4) is 0 Å². The molecule has 0 bridgehead atoms. The predicted octanol–water partition coefficient (Wildman–Crippen LogP) is -2.22. The van der Waals surface area contributed by atoms with E-state index in [0.717, 1.165) is 0 Å². The molecule has 0 spiro atoms. The van der Waals surface area contributed by atoms with Crippen LogP contribution in [-0.4, -0.2) is 81.5 Å². The van der Waals surface area contributed by atoms with E-state index in [9.17, 15) is 0 Å². The molecule has 0 aliphatic rings. The molecule has 0 aromatic heterocycles. The van der Waals surface area contributed by atoms with Gasteiger partial charge in [-0.25, -0.2) is 0 Å². The average Bonchev–Trinajstić information content (AvgIpc) is 2.84. The molecule has 0 fully saturated rings. The van der Waals surface area contributed by atoms with Gasteiger partial charge in [0.2, 0.25) is 0 Å². The fourth-order valence-corrected chi connectivity index (χ4v) is 0. The molecule has 0 radical (unpaired) electrons. The molecule has 0 unspecified atom stereocenters. The molecule has 12 nitrogen and oxygen atoms in total. The first-order valence-corrected chi connectivity index (χ1v) is 3.46. The molecule has 0 rings (SSSR count). The molecule has 0 aromatic carbocycles. The van der Waals surface area contributed by atoms with Gasteiger partial charge in [-0.2, -0.15) is 0 Å². The van der Waals surface area contributed by atoms with Gasteiger partial charge in [0.05, 0.1) is 0 Å². The Morgan fingerprint density at radius 2 is 0.160 bits per heavy atom. The first kappa shape index (κ1) is 123. The summed E-state index contributed by atoms with van der Waals surface area (Å²) in [5.41, 5.74) is 0.